The Morgan fingerprint density at radius 3 is 2.18 bits per heavy atom. The number of nitrogens with zero attached hydrogens (tertiary/aromatic N) is 2. The molecule has 0 unspecified atom stereocenters. The SMILES string of the molecule is CN(C)c1cccc2c(S(=O)(=O)N(C)Cc3ccccc3B(O)O)cccc12. The highest BCUT2D eigenvalue weighted by Gasteiger charge is 2.25. The third-order valence-corrected chi connectivity index (χ3v) is 6.62. The van der Waals surface area contributed by atoms with Crippen LogP contribution in [0.5, 0.6) is 0 Å². The van der Waals surface area contributed by atoms with Crippen molar-refractivity contribution in [3.63, 3.8) is 0 Å². The van der Waals surface area contributed by atoms with Crippen molar-refractivity contribution in [1.29, 1.82) is 0 Å². The fourth-order valence-electron chi connectivity index (χ4n) is 3.30. The van der Waals surface area contributed by atoms with E-state index in [4.69, 9.17) is 0 Å². The molecule has 2 N–H and O–H groups in total. The zero-order valence-electron chi connectivity index (χ0n) is 16.1. The van der Waals surface area contributed by atoms with Crippen molar-refractivity contribution in [2.24, 2.45) is 0 Å². The molecule has 0 bridgehead atoms. The van der Waals surface area contributed by atoms with Gasteiger partial charge in [-0.25, -0.2) is 8.42 Å². The Kier molecular flexibility index (Phi) is 5.76. The van der Waals surface area contributed by atoms with Gasteiger partial charge in [0.2, 0.25) is 10.0 Å². The third-order valence-electron chi connectivity index (χ3n) is 4.76. The first kappa shape index (κ1) is 20.4. The van der Waals surface area contributed by atoms with Crippen LogP contribution in [-0.2, 0) is 16.6 Å². The lowest BCUT2D eigenvalue weighted by Crippen LogP contribution is -2.36. The number of anilines is 1. The van der Waals surface area contributed by atoms with E-state index in [9.17, 15) is 18.5 Å². The molecule has 0 radical (unpaired) electrons. The lowest BCUT2D eigenvalue weighted by molar-refractivity contribution is 0.423. The summed E-state index contributed by atoms with van der Waals surface area (Å²) in [5.74, 6) is 0. The van der Waals surface area contributed by atoms with Crippen LogP contribution < -0.4 is 10.4 Å². The van der Waals surface area contributed by atoms with Crippen LogP contribution in [0.15, 0.2) is 65.6 Å². The van der Waals surface area contributed by atoms with Gasteiger partial charge >= 0.3 is 7.12 Å². The minimum atomic E-state index is -3.80. The first-order chi connectivity index (χ1) is 13.2. The molecule has 0 aromatic heterocycles. The zero-order valence-corrected chi connectivity index (χ0v) is 16.9. The van der Waals surface area contributed by atoms with Gasteiger partial charge in [-0.3, -0.25) is 0 Å². The molecule has 146 valence electrons. The van der Waals surface area contributed by atoms with Gasteiger partial charge < -0.3 is 14.9 Å². The fraction of sp³-hybridized carbons (Fsp3) is 0.200. The van der Waals surface area contributed by atoms with Crippen LogP contribution in [0.1, 0.15) is 5.56 Å². The summed E-state index contributed by atoms with van der Waals surface area (Å²) in [6.07, 6.45) is 0. The number of rotatable bonds is 6. The Labute approximate surface area is 165 Å². The van der Waals surface area contributed by atoms with Crippen LogP contribution in [-0.4, -0.2) is 51.0 Å². The van der Waals surface area contributed by atoms with Crippen molar-refractivity contribution in [2.75, 3.05) is 26.0 Å². The van der Waals surface area contributed by atoms with Crippen molar-refractivity contribution < 1.29 is 18.5 Å². The molecule has 0 amide bonds. The Morgan fingerprint density at radius 1 is 0.857 bits per heavy atom. The van der Waals surface area contributed by atoms with Gasteiger partial charge in [-0.1, -0.05) is 48.5 Å². The lowest BCUT2D eigenvalue weighted by atomic mass is 9.77. The van der Waals surface area contributed by atoms with Crippen LogP contribution in [0.3, 0.4) is 0 Å². The second-order valence-electron chi connectivity index (χ2n) is 6.86. The summed E-state index contributed by atoms with van der Waals surface area (Å²) in [4.78, 5) is 2.17. The molecule has 0 aliphatic rings. The second kappa shape index (κ2) is 7.93. The van der Waals surface area contributed by atoms with Gasteiger partial charge in [-0.05, 0) is 23.2 Å². The number of sulfonamides is 1. The summed E-state index contributed by atoms with van der Waals surface area (Å²) in [7, 11) is -0.135. The van der Waals surface area contributed by atoms with E-state index in [1.54, 1.807) is 42.5 Å². The zero-order chi connectivity index (χ0) is 20.5. The summed E-state index contributed by atoms with van der Waals surface area (Å²) >= 11 is 0. The average molecular weight is 398 g/mol. The molecular formula is C20H23BN2O4S. The third kappa shape index (κ3) is 3.77. The molecule has 8 heteroatoms. The van der Waals surface area contributed by atoms with Crippen LogP contribution in [0.4, 0.5) is 5.69 Å². The predicted molar refractivity (Wildman–Crippen MR) is 113 cm³/mol. The summed E-state index contributed by atoms with van der Waals surface area (Å²) < 4.78 is 27.8. The van der Waals surface area contributed by atoms with Gasteiger partial charge in [0.1, 0.15) is 0 Å². The van der Waals surface area contributed by atoms with E-state index in [2.05, 4.69) is 0 Å². The Morgan fingerprint density at radius 2 is 1.50 bits per heavy atom. The van der Waals surface area contributed by atoms with Gasteiger partial charge in [-0.15, -0.1) is 0 Å². The summed E-state index contributed by atoms with van der Waals surface area (Å²) in [6, 6.07) is 17.5. The van der Waals surface area contributed by atoms with Crippen molar-refractivity contribution in [2.45, 2.75) is 11.4 Å². The normalized spacial score (nSPS) is 11.8. The Hall–Kier alpha value is -2.39. The van der Waals surface area contributed by atoms with Crippen LogP contribution in [0.25, 0.3) is 10.8 Å². The number of hydrogen-bond acceptors (Lipinski definition) is 5. The maximum absolute atomic E-state index is 13.3. The van der Waals surface area contributed by atoms with Crippen molar-refractivity contribution in [3.8, 4) is 0 Å². The molecule has 3 rings (SSSR count). The number of hydrogen-bond donors (Lipinski definition) is 2. The highest BCUT2D eigenvalue weighted by Crippen LogP contribution is 2.31. The van der Waals surface area contributed by atoms with Gasteiger partial charge in [0.25, 0.3) is 0 Å². The summed E-state index contributed by atoms with van der Waals surface area (Å²) in [5.41, 5.74) is 1.76. The van der Waals surface area contributed by atoms with Gasteiger partial charge in [0.15, 0.2) is 0 Å². The minimum Gasteiger partial charge on any atom is -0.423 e. The molecule has 3 aromatic rings. The topological polar surface area (TPSA) is 81.1 Å². The van der Waals surface area contributed by atoms with Crippen molar-refractivity contribution in [1.82, 2.24) is 4.31 Å². The molecule has 0 heterocycles. The molecular weight excluding hydrogens is 375 g/mol. The standard InChI is InChI=1S/C20H23BN2O4S/c1-22(2)19-12-6-10-17-16(19)9-7-13-20(17)28(26,27)23(3)14-15-8-4-5-11-18(15)21(24)25/h4-13,24-25H,14H2,1-3H3. The molecule has 6 nitrogen and oxygen atoms in total. The van der Waals surface area contributed by atoms with Gasteiger partial charge in [0, 0.05) is 44.1 Å². The summed E-state index contributed by atoms with van der Waals surface area (Å²) in [5, 5.41) is 20.6. The predicted octanol–water partition coefficient (Wildman–Crippen LogP) is 1.41. The van der Waals surface area contributed by atoms with Crippen molar-refractivity contribution >= 4 is 39.1 Å². The van der Waals surface area contributed by atoms with E-state index in [-0.39, 0.29) is 16.9 Å². The maximum atomic E-state index is 13.3. The summed E-state index contributed by atoms with van der Waals surface area (Å²) in [6.45, 7) is 0.0277. The largest absolute Gasteiger partial charge is 0.488 e. The van der Waals surface area contributed by atoms with E-state index >= 15 is 0 Å². The van der Waals surface area contributed by atoms with Crippen LogP contribution >= 0.6 is 0 Å². The quantitative estimate of drug-likeness (QED) is 0.614. The first-order valence-corrected chi connectivity index (χ1v) is 10.3. The molecule has 3 aromatic carbocycles. The van der Waals surface area contributed by atoms with E-state index in [0.717, 1.165) is 11.1 Å². The molecule has 0 fully saturated rings. The molecule has 0 aliphatic carbocycles. The second-order valence-corrected chi connectivity index (χ2v) is 8.87. The molecule has 28 heavy (non-hydrogen) atoms. The highest BCUT2D eigenvalue weighted by molar-refractivity contribution is 7.89. The monoisotopic (exact) mass is 398 g/mol. The Bertz CT molecular complexity index is 1100. The molecule has 0 spiro atoms. The van der Waals surface area contributed by atoms with E-state index in [0.29, 0.717) is 10.9 Å². The number of fused-ring (bicyclic) bond motifs is 1. The highest BCUT2D eigenvalue weighted by atomic mass is 32.2. The van der Waals surface area contributed by atoms with Crippen molar-refractivity contribution in [3.05, 3.63) is 66.2 Å². The lowest BCUT2D eigenvalue weighted by Gasteiger charge is -2.21. The maximum Gasteiger partial charge on any atom is 0.488 e. The number of benzene rings is 3. The van der Waals surface area contributed by atoms with Crippen LogP contribution in [0.2, 0.25) is 0 Å². The smallest absolute Gasteiger partial charge is 0.423 e. The van der Waals surface area contributed by atoms with E-state index in [1.165, 1.54) is 11.4 Å². The molecule has 0 saturated carbocycles. The molecule has 0 atom stereocenters. The van der Waals surface area contributed by atoms with Gasteiger partial charge in [-0.2, -0.15) is 4.31 Å². The first-order valence-electron chi connectivity index (χ1n) is 8.83. The van der Waals surface area contributed by atoms with Crippen LogP contribution in [0, 0.1) is 0 Å². The molecule has 0 aliphatic heterocycles. The molecule has 0 saturated heterocycles. The van der Waals surface area contributed by atoms with Gasteiger partial charge in [0.05, 0.1) is 4.90 Å². The van der Waals surface area contributed by atoms with E-state index in [1.807, 2.05) is 37.2 Å². The van der Waals surface area contributed by atoms with E-state index < -0.39 is 17.1 Å². The Balaban J connectivity index is 2.05. The fourth-order valence-corrected chi connectivity index (χ4v) is 4.65. The average Bonchev–Trinajstić information content (AvgIpc) is 2.67. The minimum absolute atomic E-state index is 0.0277.